The highest BCUT2D eigenvalue weighted by Gasteiger charge is 2.58. The SMILES string of the molecule is O=C1OC2C[C@@H]3C[C@@H]4CC(C[C@@H]4[C@@H]3C2)OC(=O)c2ccc(cc2)C(=O)O[C@@H]2C[C@@H]3C[C@@H]4C[C@@H](C[C@@H]4[C@@H]3C2)OC(=O)c2ccc(cc2)C(=O)OC2C[C@@H]3C[C@@H]4CC(C[C@@H]4[C@@H]3C2)OC(=O)c2ccc(cc2)C(=O)O[C@H]2C[C@H]3C[C@H]4C[C@H](C[C@H]4[C@H]3C2)OC(=O)c2ccc1cc2. The molecule has 0 radical (unpaired) electrons. The van der Waals surface area contributed by atoms with Crippen LogP contribution < -0.4 is 0 Å². The lowest BCUT2D eigenvalue weighted by Gasteiger charge is -2.19. The quantitative estimate of drug-likeness (QED) is 0.118. The molecule has 7 heterocycles. The molecule has 24 bridgehead atoms. The molecule has 0 spiro atoms. The highest BCUT2D eigenvalue weighted by atomic mass is 16.6. The first kappa shape index (κ1) is 58.5. The summed E-state index contributed by atoms with van der Waals surface area (Å²) in [7, 11) is 0. The summed E-state index contributed by atoms with van der Waals surface area (Å²) in [5.74, 6) is 3.40. The standard InChI is InChI=1S/C76H80O16/c77-69-37-1-2-38(4-3-37)70(78)86-54-22-46-18-48-24-56(32-64(48)62(46)30-54)88-72(80)40-9-11-42(12-10-40)74(82)90-58-26-50-20-52-28-60(36-68(52)66(50)34-58)92-76(84)44-15-13-43(14-16-44)75(83)91-59-27-51-19-49-25-57(33-65(49)67(51)35-59)89-73(81)41-7-5-39(6-8-41)71(79)87-55-23-47-17-45-21-53(85-69)29-61(45)63(47)31-55/h1-16,45-68H,17-36H2/t45-,46-,47+,48+,49-,50+,51+,52-,53?,54+,55?,56-,57+,58?,59-,60?,61+,62+,63-,64-,65+,66-,67-,68+. The third-order valence-electron chi connectivity index (χ3n) is 25.9. The molecule has 19 aliphatic rings. The summed E-state index contributed by atoms with van der Waals surface area (Å²) in [6.45, 7) is 0. The van der Waals surface area contributed by atoms with Gasteiger partial charge in [-0.15, -0.1) is 0 Å². The van der Waals surface area contributed by atoms with Crippen molar-refractivity contribution in [2.24, 2.45) is 94.7 Å². The van der Waals surface area contributed by atoms with E-state index in [1.165, 1.54) is 0 Å². The maximum Gasteiger partial charge on any atom is 0.338 e. The van der Waals surface area contributed by atoms with Crippen LogP contribution in [-0.4, -0.2) is 96.6 Å². The van der Waals surface area contributed by atoms with Crippen molar-refractivity contribution in [2.75, 3.05) is 0 Å². The Labute approximate surface area is 535 Å². The lowest BCUT2D eigenvalue weighted by atomic mass is 9.89. The molecule has 16 nitrogen and oxygen atoms in total. The van der Waals surface area contributed by atoms with Gasteiger partial charge in [0.1, 0.15) is 48.8 Å². The van der Waals surface area contributed by atoms with Gasteiger partial charge in [-0.3, -0.25) is 0 Å². The maximum absolute atomic E-state index is 13.5. The van der Waals surface area contributed by atoms with Gasteiger partial charge in [0.05, 0.1) is 44.5 Å². The summed E-state index contributed by atoms with van der Waals surface area (Å²) in [5, 5.41) is 0. The predicted octanol–water partition coefficient (Wildman–Crippen LogP) is 12.8. The van der Waals surface area contributed by atoms with Crippen molar-refractivity contribution in [3.63, 3.8) is 0 Å². The normalized spacial score (nSPS) is 41.0. The van der Waals surface area contributed by atoms with Crippen LogP contribution in [0.3, 0.4) is 0 Å². The Bertz CT molecular complexity index is 2900. The summed E-state index contributed by atoms with van der Waals surface area (Å²) in [4.78, 5) is 108. The third kappa shape index (κ3) is 10.9. The van der Waals surface area contributed by atoms with E-state index < -0.39 is 47.8 Å². The zero-order valence-corrected chi connectivity index (χ0v) is 51.8. The topological polar surface area (TPSA) is 210 Å². The van der Waals surface area contributed by atoms with Crippen molar-refractivity contribution >= 4 is 47.8 Å². The monoisotopic (exact) mass is 1250 g/mol. The average molecular weight is 1250 g/mol. The second-order valence-electron chi connectivity index (χ2n) is 30.6. The van der Waals surface area contributed by atoms with E-state index in [0.29, 0.717) is 139 Å². The number of hydrogen-bond donors (Lipinski definition) is 0. The van der Waals surface area contributed by atoms with E-state index in [2.05, 4.69) is 0 Å². The molecule has 7 aliphatic heterocycles. The molecule has 23 rings (SSSR count). The number of esters is 8. The maximum atomic E-state index is 13.5. The van der Waals surface area contributed by atoms with Gasteiger partial charge in [0, 0.05) is 0 Å². The zero-order valence-electron chi connectivity index (χ0n) is 51.8. The van der Waals surface area contributed by atoms with Gasteiger partial charge in [0.25, 0.3) is 0 Å². The first-order chi connectivity index (χ1) is 44.7. The van der Waals surface area contributed by atoms with Crippen LogP contribution in [0.15, 0.2) is 97.1 Å². The Morgan fingerprint density at radius 2 is 0.272 bits per heavy atom. The Morgan fingerprint density at radius 3 is 0.380 bits per heavy atom. The Hall–Kier alpha value is -7.36. The van der Waals surface area contributed by atoms with Crippen LogP contribution in [0.25, 0.3) is 0 Å². The number of carbonyl (C=O) groups is 8. The number of ether oxygens (including phenoxy) is 8. The number of benzene rings is 4. The molecule has 92 heavy (non-hydrogen) atoms. The molecule has 4 unspecified atom stereocenters. The van der Waals surface area contributed by atoms with Gasteiger partial charge >= 0.3 is 47.8 Å². The average Bonchev–Trinajstić information content (AvgIpc) is 1.65. The molecule has 480 valence electrons. The van der Waals surface area contributed by atoms with Crippen molar-refractivity contribution in [1.82, 2.24) is 0 Å². The van der Waals surface area contributed by atoms with Crippen LogP contribution in [0.1, 0.15) is 211 Å². The van der Waals surface area contributed by atoms with Crippen molar-refractivity contribution < 1.29 is 76.3 Å². The smallest absolute Gasteiger partial charge is 0.338 e. The van der Waals surface area contributed by atoms with E-state index in [9.17, 15) is 38.4 Å². The zero-order chi connectivity index (χ0) is 62.2. The number of carbonyl (C=O) groups excluding carboxylic acids is 8. The van der Waals surface area contributed by atoms with Crippen LogP contribution in [0, 0.1) is 94.7 Å². The highest BCUT2D eigenvalue weighted by Crippen LogP contribution is 2.62. The van der Waals surface area contributed by atoms with E-state index >= 15 is 0 Å². The van der Waals surface area contributed by atoms with Crippen LogP contribution in [0.5, 0.6) is 0 Å². The molecular weight excluding hydrogens is 1170 g/mol. The largest absolute Gasteiger partial charge is 0.459 e. The molecule has 12 fully saturated rings. The Balaban J connectivity index is 0.530. The first-order valence-electron chi connectivity index (χ1n) is 34.8. The molecule has 12 aliphatic carbocycles. The lowest BCUT2D eigenvalue weighted by molar-refractivity contribution is 0.0266. The van der Waals surface area contributed by atoms with Crippen LogP contribution in [-0.2, 0) is 37.9 Å². The van der Waals surface area contributed by atoms with E-state index in [4.69, 9.17) is 37.9 Å². The van der Waals surface area contributed by atoms with E-state index in [-0.39, 0.29) is 48.8 Å². The molecular formula is C76H80O16. The molecule has 0 aromatic heterocycles. The Kier molecular flexibility index (Phi) is 14.8. The van der Waals surface area contributed by atoms with Gasteiger partial charge in [-0.1, -0.05) is 0 Å². The molecule has 4 aromatic carbocycles. The second-order valence-corrected chi connectivity index (χ2v) is 30.6. The fourth-order valence-corrected chi connectivity index (χ4v) is 22.3. The van der Waals surface area contributed by atoms with Crippen molar-refractivity contribution in [3.8, 4) is 0 Å². The van der Waals surface area contributed by atoms with Crippen molar-refractivity contribution in [2.45, 2.75) is 177 Å². The second kappa shape index (κ2) is 23.3. The molecule has 16 heteroatoms. The molecule has 12 saturated carbocycles. The van der Waals surface area contributed by atoms with Gasteiger partial charge in [0.15, 0.2) is 0 Å². The van der Waals surface area contributed by atoms with Gasteiger partial charge < -0.3 is 37.9 Å². The third-order valence-corrected chi connectivity index (χ3v) is 25.9. The van der Waals surface area contributed by atoms with Gasteiger partial charge in [-0.2, -0.15) is 0 Å². The summed E-state index contributed by atoms with van der Waals surface area (Å²) in [6.07, 6.45) is 15.0. The van der Waals surface area contributed by atoms with Crippen molar-refractivity contribution in [1.29, 1.82) is 0 Å². The van der Waals surface area contributed by atoms with E-state index in [0.717, 1.165) is 128 Å². The molecule has 0 saturated heterocycles. The summed E-state index contributed by atoms with van der Waals surface area (Å²) >= 11 is 0. The number of hydrogen-bond acceptors (Lipinski definition) is 16. The minimum absolute atomic E-state index is 0.210. The van der Waals surface area contributed by atoms with Gasteiger partial charge in [-0.25, -0.2) is 38.4 Å². The summed E-state index contributed by atoms with van der Waals surface area (Å²) in [5.41, 5.74) is 3.08. The summed E-state index contributed by atoms with van der Waals surface area (Å²) < 4.78 is 48.8. The van der Waals surface area contributed by atoms with Gasteiger partial charge in [0.2, 0.25) is 0 Å². The fraction of sp³-hybridized carbons (Fsp3) is 0.579. The minimum Gasteiger partial charge on any atom is -0.459 e. The highest BCUT2D eigenvalue weighted by molar-refractivity contribution is 5.96. The molecule has 0 amide bonds. The molecule has 24 atom stereocenters. The Morgan fingerprint density at radius 1 is 0.163 bits per heavy atom. The van der Waals surface area contributed by atoms with Crippen LogP contribution >= 0.6 is 0 Å². The van der Waals surface area contributed by atoms with Crippen LogP contribution in [0.2, 0.25) is 0 Å². The summed E-state index contributed by atoms with van der Waals surface area (Å²) in [6, 6.07) is 26.3. The van der Waals surface area contributed by atoms with Crippen LogP contribution in [0.4, 0.5) is 0 Å². The minimum atomic E-state index is -0.408. The molecule has 0 N–H and O–H groups in total. The fourth-order valence-electron chi connectivity index (χ4n) is 22.3. The molecule has 4 aromatic rings. The first-order valence-corrected chi connectivity index (χ1v) is 34.8. The van der Waals surface area contributed by atoms with E-state index in [1.54, 1.807) is 97.1 Å². The number of rotatable bonds is 0. The van der Waals surface area contributed by atoms with E-state index in [1.807, 2.05) is 0 Å². The predicted molar refractivity (Wildman–Crippen MR) is 328 cm³/mol. The van der Waals surface area contributed by atoms with Gasteiger partial charge in [-0.05, 0) is 320 Å². The van der Waals surface area contributed by atoms with Crippen molar-refractivity contribution in [3.05, 3.63) is 142 Å². The lowest BCUT2D eigenvalue weighted by Crippen LogP contribution is -2.20.